The molecule has 2 atom stereocenters. The summed E-state index contributed by atoms with van der Waals surface area (Å²) in [6.45, 7) is 3.68. The van der Waals surface area contributed by atoms with E-state index in [0.717, 1.165) is 16.7 Å². The third-order valence-electron chi connectivity index (χ3n) is 4.36. The number of aryl methyl sites for hydroxylation is 1. The van der Waals surface area contributed by atoms with Crippen molar-refractivity contribution >= 4 is 22.4 Å². The number of carbonyl (C=O) groups is 1. The zero-order chi connectivity index (χ0) is 18.7. The van der Waals surface area contributed by atoms with E-state index in [9.17, 15) is 9.18 Å². The van der Waals surface area contributed by atoms with Gasteiger partial charge in [-0.25, -0.2) is 9.37 Å². The molecule has 0 aliphatic rings. The minimum Gasteiger partial charge on any atom is -0.317 e. The Labute approximate surface area is 155 Å². The number of amides is 1. The first kappa shape index (κ1) is 18.2. The van der Waals surface area contributed by atoms with Crippen molar-refractivity contribution in [3.8, 4) is 0 Å². The molecule has 0 fully saturated rings. The largest absolute Gasteiger partial charge is 0.317 e. The molecular formula is C20H20FN3OS. The van der Waals surface area contributed by atoms with E-state index in [-0.39, 0.29) is 11.7 Å². The number of thiazole rings is 1. The molecule has 2 unspecified atom stereocenters. The first-order chi connectivity index (χ1) is 12.4. The van der Waals surface area contributed by atoms with Crippen LogP contribution in [0.15, 0.2) is 60.1 Å². The second-order valence-electron chi connectivity index (χ2n) is 6.47. The molecule has 1 heterocycles. The van der Waals surface area contributed by atoms with Crippen molar-refractivity contribution < 1.29 is 9.18 Å². The quantitative estimate of drug-likeness (QED) is 0.712. The summed E-state index contributed by atoms with van der Waals surface area (Å²) in [5, 5.41) is 5.05. The highest BCUT2D eigenvalue weighted by Crippen LogP contribution is 2.35. The molecule has 4 nitrogen and oxygen atoms in total. The molecule has 1 aromatic heterocycles. The van der Waals surface area contributed by atoms with Crippen LogP contribution in [0.4, 0.5) is 9.52 Å². The molecule has 0 saturated carbocycles. The molecule has 3 N–H and O–H groups in total. The van der Waals surface area contributed by atoms with E-state index < -0.39 is 11.5 Å². The van der Waals surface area contributed by atoms with Crippen LogP contribution in [0.1, 0.15) is 29.5 Å². The molecule has 0 saturated heterocycles. The number of carbonyl (C=O) groups excluding carboxylic acids is 1. The van der Waals surface area contributed by atoms with Gasteiger partial charge in [0, 0.05) is 17.5 Å². The van der Waals surface area contributed by atoms with E-state index in [1.807, 2.05) is 31.2 Å². The molecule has 0 radical (unpaired) electrons. The van der Waals surface area contributed by atoms with Gasteiger partial charge in [-0.2, -0.15) is 0 Å². The van der Waals surface area contributed by atoms with E-state index in [4.69, 9.17) is 5.73 Å². The van der Waals surface area contributed by atoms with Crippen LogP contribution in [0.25, 0.3) is 0 Å². The number of aromatic nitrogens is 1. The molecule has 0 aliphatic heterocycles. The Morgan fingerprint density at radius 3 is 2.27 bits per heavy atom. The average molecular weight is 369 g/mol. The number of rotatable bonds is 5. The molecule has 3 aromatic rings. The summed E-state index contributed by atoms with van der Waals surface area (Å²) in [7, 11) is 0. The van der Waals surface area contributed by atoms with Crippen LogP contribution in [-0.4, -0.2) is 16.4 Å². The van der Waals surface area contributed by atoms with E-state index in [2.05, 4.69) is 10.3 Å². The molecule has 6 heteroatoms. The van der Waals surface area contributed by atoms with Crippen molar-refractivity contribution in [2.75, 3.05) is 5.32 Å². The molecule has 2 aromatic carbocycles. The number of benzene rings is 2. The summed E-state index contributed by atoms with van der Waals surface area (Å²) in [4.78, 5) is 17.0. The second-order valence-corrected chi connectivity index (χ2v) is 7.36. The maximum atomic E-state index is 13.4. The molecule has 0 bridgehead atoms. The molecule has 134 valence electrons. The van der Waals surface area contributed by atoms with Crippen molar-refractivity contribution in [1.29, 1.82) is 0 Å². The first-order valence-corrected chi connectivity index (χ1v) is 9.08. The third kappa shape index (κ3) is 3.81. The van der Waals surface area contributed by atoms with Crippen molar-refractivity contribution in [2.45, 2.75) is 25.3 Å². The van der Waals surface area contributed by atoms with Crippen molar-refractivity contribution in [3.05, 3.63) is 82.6 Å². The Morgan fingerprint density at radius 1 is 1.15 bits per heavy atom. The maximum absolute atomic E-state index is 13.4. The lowest BCUT2D eigenvalue weighted by Gasteiger charge is -2.33. The zero-order valence-corrected chi connectivity index (χ0v) is 15.4. The predicted molar refractivity (Wildman–Crippen MR) is 103 cm³/mol. The Balaban J connectivity index is 2.02. The van der Waals surface area contributed by atoms with Crippen molar-refractivity contribution in [1.82, 2.24) is 4.98 Å². The number of hydrogen-bond donors (Lipinski definition) is 2. The van der Waals surface area contributed by atoms with Crippen LogP contribution >= 0.6 is 11.3 Å². The SMILES string of the molecule is Cc1ccc(C(c2ccc(F)cc2)C(C)(N)C(=O)Nc2nccs2)cc1. The van der Waals surface area contributed by atoms with Crippen LogP contribution in [0.2, 0.25) is 0 Å². The van der Waals surface area contributed by atoms with Gasteiger partial charge in [0.05, 0.1) is 0 Å². The second kappa shape index (κ2) is 7.35. The summed E-state index contributed by atoms with van der Waals surface area (Å²) in [5.74, 6) is -1.12. The van der Waals surface area contributed by atoms with Crippen molar-refractivity contribution in [2.24, 2.45) is 5.73 Å². The van der Waals surface area contributed by atoms with Gasteiger partial charge >= 0.3 is 0 Å². The fourth-order valence-corrected chi connectivity index (χ4v) is 3.47. The summed E-state index contributed by atoms with van der Waals surface area (Å²) >= 11 is 1.33. The highest BCUT2D eigenvalue weighted by Gasteiger charge is 2.40. The fourth-order valence-electron chi connectivity index (χ4n) is 2.95. The Kier molecular flexibility index (Phi) is 5.15. The number of hydrogen-bond acceptors (Lipinski definition) is 4. The first-order valence-electron chi connectivity index (χ1n) is 8.20. The van der Waals surface area contributed by atoms with Gasteiger partial charge in [0.1, 0.15) is 11.4 Å². The van der Waals surface area contributed by atoms with Crippen LogP contribution < -0.4 is 11.1 Å². The number of nitrogens with zero attached hydrogens (tertiary/aromatic N) is 1. The van der Waals surface area contributed by atoms with E-state index in [1.54, 1.807) is 30.6 Å². The predicted octanol–water partition coefficient (Wildman–Crippen LogP) is 4.08. The van der Waals surface area contributed by atoms with Gasteiger partial charge in [0.2, 0.25) is 5.91 Å². The minimum absolute atomic E-state index is 0.331. The van der Waals surface area contributed by atoms with E-state index >= 15 is 0 Å². The summed E-state index contributed by atoms with van der Waals surface area (Å²) in [6.07, 6.45) is 1.62. The fraction of sp³-hybridized carbons (Fsp3) is 0.200. The average Bonchev–Trinajstić information content (AvgIpc) is 3.11. The summed E-state index contributed by atoms with van der Waals surface area (Å²) < 4.78 is 13.4. The smallest absolute Gasteiger partial charge is 0.246 e. The Morgan fingerprint density at radius 2 is 1.73 bits per heavy atom. The van der Waals surface area contributed by atoms with E-state index in [0.29, 0.717) is 5.13 Å². The number of nitrogens with two attached hydrogens (primary N) is 1. The molecule has 26 heavy (non-hydrogen) atoms. The lowest BCUT2D eigenvalue weighted by Crippen LogP contribution is -2.53. The van der Waals surface area contributed by atoms with Gasteiger partial charge in [0.15, 0.2) is 5.13 Å². The zero-order valence-electron chi connectivity index (χ0n) is 14.6. The van der Waals surface area contributed by atoms with E-state index in [1.165, 1.54) is 23.5 Å². The van der Waals surface area contributed by atoms with Gasteiger partial charge in [-0.05, 0) is 37.1 Å². The maximum Gasteiger partial charge on any atom is 0.246 e. The van der Waals surface area contributed by atoms with Crippen LogP contribution in [0.5, 0.6) is 0 Å². The lowest BCUT2D eigenvalue weighted by atomic mass is 9.76. The molecule has 0 spiro atoms. The highest BCUT2D eigenvalue weighted by atomic mass is 32.1. The van der Waals surface area contributed by atoms with Gasteiger partial charge in [-0.15, -0.1) is 11.3 Å². The standard InChI is InChI=1S/C20H20FN3OS/c1-13-3-5-14(6-4-13)17(15-7-9-16(21)10-8-15)20(2,22)18(25)24-19-23-11-12-26-19/h3-12,17H,22H2,1-2H3,(H,23,24,25). The minimum atomic E-state index is -1.27. The highest BCUT2D eigenvalue weighted by molar-refractivity contribution is 7.13. The lowest BCUT2D eigenvalue weighted by molar-refractivity contribution is -0.121. The van der Waals surface area contributed by atoms with Crippen molar-refractivity contribution in [3.63, 3.8) is 0 Å². The molecule has 0 aliphatic carbocycles. The third-order valence-corrected chi connectivity index (χ3v) is 5.04. The normalized spacial score (nSPS) is 14.5. The monoisotopic (exact) mass is 369 g/mol. The topological polar surface area (TPSA) is 68.0 Å². The summed E-state index contributed by atoms with van der Waals surface area (Å²) in [6, 6.07) is 13.9. The molecular weight excluding hydrogens is 349 g/mol. The van der Waals surface area contributed by atoms with Crippen LogP contribution in [-0.2, 0) is 4.79 Å². The van der Waals surface area contributed by atoms with Gasteiger partial charge in [0.25, 0.3) is 0 Å². The Hall–Kier alpha value is -2.57. The number of nitrogens with one attached hydrogen (secondary N) is 1. The van der Waals surface area contributed by atoms with Gasteiger partial charge < -0.3 is 11.1 Å². The molecule has 3 rings (SSSR count). The van der Waals surface area contributed by atoms with Gasteiger partial charge in [-0.3, -0.25) is 4.79 Å². The molecule has 1 amide bonds. The van der Waals surface area contributed by atoms with Crippen LogP contribution in [0.3, 0.4) is 0 Å². The number of anilines is 1. The summed E-state index contributed by atoms with van der Waals surface area (Å²) in [5.41, 5.74) is 8.04. The van der Waals surface area contributed by atoms with Crippen LogP contribution in [0, 0.1) is 12.7 Å². The van der Waals surface area contributed by atoms with Gasteiger partial charge in [-0.1, -0.05) is 42.0 Å². The Bertz CT molecular complexity index is 829. The number of halogens is 1.